The predicted molar refractivity (Wildman–Crippen MR) is 38.6 cm³/mol. The second-order valence-corrected chi connectivity index (χ2v) is 2.64. The number of nitrogen functional groups attached to an aromatic ring is 1. The molecule has 1 aromatic heterocycles. The molecule has 0 saturated heterocycles. The Balaban J connectivity index is 2.67. The summed E-state index contributed by atoms with van der Waals surface area (Å²) in [6.07, 6.45) is 0. The smallest absolute Gasteiger partial charge is 0.223 e. The van der Waals surface area contributed by atoms with Gasteiger partial charge in [0.1, 0.15) is 0 Å². The fourth-order valence-corrected chi connectivity index (χ4v) is 0.992. The van der Waals surface area contributed by atoms with Crippen LogP contribution in [0.15, 0.2) is 0 Å². The van der Waals surface area contributed by atoms with Gasteiger partial charge in [-0.15, -0.1) is 10.2 Å². The highest BCUT2D eigenvalue weighted by atomic mass is 32.1. The van der Waals surface area contributed by atoms with Crippen LogP contribution >= 0.6 is 11.3 Å². The van der Waals surface area contributed by atoms with E-state index in [9.17, 15) is 4.79 Å². The topological polar surface area (TPSA) is 80.9 Å². The summed E-state index contributed by atoms with van der Waals surface area (Å²) in [7, 11) is 0. The van der Waals surface area contributed by atoms with Gasteiger partial charge in [0.15, 0.2) is 0 Å². The predicted octanol–water partition coefficient (Wildman–Crippen LogP) is 0.0787. The minimum Gasteiger partial charge on any atom is -0.374 e. The number of amides is 1. The Bertz CT molecular complexity index is 245. The standard InChI is InChI=1S/C4H6N4OS/c1-2(9)6-4-8-7-3(5)10-4/h1H3,(H2,5,7)(H,6,8,9). The second-order valence-electron chi connectivity index (χ2n) is 1.63. The number of carbonyl (C=O) groups excluding carboxylic acids is 1. The molecule has 1 amide bonds. The summed E-state index contributed by atoms with van der Waals surface area (Å²) in [5.41, 5.74) is 5.25. The first-order valence-corrected chi connectivity index (χ1v) is 3.36. The molecule has 0 aromatic carbocycles. The Morgan fingerprint density at radius 1 is 1.70 bits per heavy atom. The molecule has 1 aromatic rings. The van der Waals surface area contributed by atoms with E-state index in [-0.39, 0.29) is 5.91 Å². The van der Waals surface area contributed by atoms with Crippen LogP contribution in [-0.4, -0.2) is 16.1 Å². The lowest BCUT2D eigenvalue weighted by atomic mass is 10.7. The quantitative estimate of drug-likeness (QED) is 0.606. The highest BCUT2D eigenvalue weighted by Crippen LogP contribution is 2.15. The van der Waals surface area contributed by atoms with Crippen molar-refractivity contribution in [2.24, 2.45) is 0 Å². The summed E-state index contributed by atoms with van der Waals surface area (Å²) >= 11 is 1.14. The van der Waals surface area contributed by atoms with Crippen LogP contribution in [0.5, 0.6) is 0 Å². The van der Waals surface area contributed by atoms with Crippen LogP contribution in [0.3, 0.4) is 0 Å². The van der Waals surface area contributed by atoms with E-state index in [1.54, 1.807) is 0 Å². The van der Waals surface area contributed by atoms with Crippen LogP contribution in [0.1, 0.15) is 6.92 Å². The molecule has 0 bridgehead atoms. The summed E-state index contributed by atoms with van der Waals surface area (Å²) in [4.78, 5) is 10.4. The number of carbonyl (C=O) groups is 1. The Labute approximate surface area is 61.3 Å². The molecule has 54 valence electrons. The third-order valence-electron chi connectivity index (χ3n) is 0.724. The van der Waals surface area contributed by atoms with E-state index in [0.717, 1.165) is 11.3 Å². The molecule has 0 aliphatic heterocycles. The molecular formula is C4H6N4OS. The number of aromatic nitrogens is 2. The van der Waals surface area contributed by atoms with Gasteiger partial charge in [-0.2, -0.15) is 0 Å². The average Bonchev–Trinajstić information content (AvgIpc) is 2.13. The first-order valence-electron chi connectivity index (χ1n) is 2.55. The Hall–Kier alpha value is -1.17. The number of rotatable bonds is 1. The summed E-state index contributed by atoms with van der Waals surface area (Å²) in [6.45, 7) is 1.40. The Morgan fingerprint density at radius 3 is 2.80 bits per heavy atom. The molecule has 6 heteroatoms. The lowest BCUT2D eigenvalue weighted by Gasteiger charge is -1.89. The van der Waals surface area contributed by atoms with Gasteiger partial charge in [0.25, 0.3) is 0 Å². The number of hydrogen-bond acceptors (Lipinski definition) is 5. The van der Waals surface area contributed by atoms with E-state index >= 15 is 0 Å². The molecule has 10 heavy (non-hydrogen) atoms. The lowest BCUT2D eigenvalue weighted by Crippen LogP contribution is -2.04. The van der Waals surface area contributed by atoms with Gasteiger partial charge in [0, 0.05) is 6.92 Å². The van der Waals surface area contributed by atoms with Gasteiger partial charge < -0.3 is 11.1 Å². The van der Waals surface area contributed by atoms with Crippen LogP contribution in [0, 0.1) is 0 Å². The van der Waals surface area contributed by atoms with Gasteiger partial charge in [0.05, 0.1) is 0 Å². The SMILES string of the molecule is CC(=O)Nc1nnc(N)s1. The van der Waals surface area contributed by atoms with Crippen LogP contribution < -0.4 is 11.1 Å². The van der Waals surface area contributed by atoms with E-state index in [4.69, 9.17) is 5.73 Å². The zero-order valence-electron chi connectivity index (χ0n) is 5.29. The Kier molecular flexibility index (Phi) is 1.81. The van der Waals surface area contributed by atoms with E-state index in [2.05, 4.69) is 15.5 Å². The summed E-state index contributed by atoms with van der Waals surface area (Å²) in [5.74, 6) is -0.170. The Morgan fingerprint density at radius 2 is 2.40 bits per heavy atom. The maximum atomic E-state index is 10.4. The van der Waals surface area contributed by atoms with Crippen molar-refractivity contribution < 1.29 is 4.79 Å². The van der Waals surface area contributed by atoms with Crippen LogP contribution in [0.25, 0.3) is 0 Å². The molecule has 0 fully saturated rings. The maximum Gasteiger partial charge on any atom is 0.223 e. The molecule has 0 unspecified atom stereocenters. The van der Waals surface area contributed by atoms with Crippen LogP contribution in [0.2, 0.25) is 0 Å². The van der Waals surface area contributed by atoms with Gasteiger partial charge in [-0.3, -0.25) is 4.79 Å². The van der Waals surface area contributed by atoms with Gasteiger partial charge in [-0.25, -0.2) is 0 Å². The summed E-state index contributed by atoms with van der Waals surface area (Å²) in [6, 6.07) is 0. The van der Waals surface area contributed by atoms with Crippen molar-refractivity contribution in [1.29, 1.82) is 0 Å². The highest BCUT2D eigenvalue weighted by Gasteiger charge is 2.00. The number of nitrogens with zero attached hydrogens (tertiary/aromatic N) is 2. The van der Waals surface area contributed by atoms with E-state index < -0.39 is 0 Å². The van der Waals surface area contributed by atoms with Gasteiger partial charge in [0.2, 0.25) is 16.2 Å². The van der Waals surface area contributed by atoms with Crippen molar-refractivity contribution >= 4 is 27.5 Å². The normalized spacial score (nSPS) is 9.30. The fraction of sp³-hybridized carbons (Fsp3) is 0.250. The average molecular weight is 158 g/mol. The van der Waals surface area contributed by atoms with Crippen molar-refractivity contribution in [2.75, 3.05) is 11.1 Å². The van der Waals surface area contributed by atoms with Crippen molar-refractivity contribution in [3.8, 4) is 0 Å². The van der Waals surface area contributed by atoms with Crippen molar-refractivity contribution in [1.82, 2.24) is 10.2 Å². The first kappa shape index (κ1) is 6.94. The third kappa shape index (κ3) is 1.66. The summed E-state index contributed by atoms with van der Waals surface area (Å²) < 4.78 is 0. The molecule has 0 saturated carbocycles. The minimum atomic E-state index is -0.170. The molecule has 0 spiro atoms. The van der Waals surface area contributed by atoms with E-state index in [0.29, 0.717) is 10.3 Å². The molecule has 5 nitrogen and oxygen atoms in total. The lowest BCUT2D eigenvalue weighted by molar-refractivity contribution is -0.114. The molecular weight excluding hydrogens is 152 g/mol. The van der Waals surface area contributed by atoms with E-state index in [1.807, 2.05) is 0 Å². The zero-order valence-corrected chi connectivity index (χ0v) is 6.10. The fourth-order valence-electron chi connectivity index (χ4n) is 0.436. The van der Waals surface area contributed by atoms with Crippen molar-refractivity contribution in [3.05, 3.63) is 0 Å². The largest absolute Gasteiger partial charge is 0.374 e. The number of nitrogens with two attached hydrogens (primary N) is 1. The van der Waals surface area contributed by atoms with Crippen molar-refractivity contribution in [3.63, 3.8) is 0 Å². The summed E-state index contributed by atoms with van der Waals surface area (Å²) in [5, 5.41) is 10.3. The van der Waals surface area contributed by atoms with E-state index in [1.165, 1.54) is 6.92 Å². The van der Waals surface area contributed by atoms with Crippen LogP contribution in [-0.2, 0) is 4.79 Å². The van der Waals surface area contributed by atoms with Gasteiger partial charge in [-0.05, 0) is 0 Å². The number of anilines is 2. The molecule has 0 atom stereocenters. The zero-order chi connectivity index (χ0) is 7.56. The molecule has 1 rings (SSSR count). The third-order valence-corrected chi connectivity index (χ3v) is 1.39. The molecule has 0 radical (unpaired) electrons. The van der Waals surface area contributed by atoms with Gasteiger partial charge in [-0.1, -0.05) is 11.3 Å². The molecule has 0 aliphatic rings. The monoisotopic (exact) mass is 158 g/mol. The second kappa shape index (κ2) is 2.61. The molecule has 1 heterocycles. The van der Waals surface area contributed by atoms with Crippen molar-refractivity contribution in [2.45, 2.75) is 6.92 Å². The molecule has 0 aliphatic carbocycles. The number of nitrogens with one attached hydrogen (secondary N) is 1. The van der Waals surface area contributed by atoms with Crippen LogP contribution in [0.4, 0.5) is 10.3 Å². The maximum absolute atomic E-state index is 10.4. The molecule has 3 N–H and O–H groups in total. The van der Waals surface area contributed by atoms with Gasteiger partial charge >= 0.3 is 0 Å². The minimum absolute atomic E-state index is 0.170. The first-order chi connectivity index (χ1) is 4.68. The highest BCUT2D eigenvalue weighted by molar-refractivity contribution is 7.18. The number of hydrogen-bond donors (Lipinski definition) is 2.